The van der Waals surface area contributed by atoms with E-state index in [1.54, 1.807) is 33.9 Å². The van der Waals surface area contributed by atoms with Crippen LogP contribution in [0.1, 0.15) is 16.7 Å². The first kappa shape index (κ1) is 38.4. The van der Waals surface area contributed by atoms with Gasteiger partial charge in [-0.1, -0.05) is 82.8 Å². The quantitative estimate of drug-likeness (QED) is 0.0361. The summed E-state index contributed by atoms with van der Waals surface area (Å²) in [7, 11) is 11.5. The van der Waals surface area contributed by atoms with Crippen molar-refractivity contribution in [3.05, 3.63) is 120 Å². The highest BCUT2D eigenvalue weighted by Crippen LogP contribution is 2.19. The summed E-state index contributed by atoms with van der Waals surface area (Å²) in [5.41, 5.74) is 6.63. The molecule has 1 unspecified atom stereocenters. The molecule has 3 rings (SSSR count). The number of pyridine rings is 1. The van der Waals surface area contributed by atoms with Crippen LogP contribution in [0.4, 0.5) is 11.4 Å². The molecule has 1 aromatic heterocycles. The van der Waals surface area contributed by atoms with E-state index in [0.717, 1.165) is 39.5 Å². The maximum Gasteiger partial charge on any atom is 0.285 e. The van der Waals surface area contributed by atoms with Crippen LogP contribution in [-0.2, 0) is 11.3 Å². The van der Waals surface area contributed by atoms with Crippen LogP contribution < -0.4 is 30.0 Å². The zero-order valence-corrected chi connectivity index (χ0v) is 30.1. The monoisotopic (exact) mass is 686 g/mol. The fourth-order valence-corrected chi connectivity index (χ4v) is 6.13. The predicted octanol–water partition coefficient (Wildman–Crippen LogP) is 3.66. The van der Waals surface area contributed by atoms with Gasteiger partial charge in [-0.25, -0.2) is 9.56 Å². The van der Waals surface area contributed by atoms with Crippen LogP contribution in [0.3, 0.4) is 0 Å². The average Bonchev–Trinajstić information content (AvgIpc) is 3.09. The van der Waals surface area contributed by atoms with Gasteiger partial charge in [-0.15, -0.1) is 0 Å². The van der Waals surface area contributed by atoms with Gasteiger partial charge in [0.15, 0.2) is 31.4 Å². The van der Waals surface area contributed by atoms with Crippen LogP contribution >= 0.6 is 21.6 Å². The third kappa shape index (κ3) is 15.2. The molecule has 0 fully saturated rings. The van der Waals surface area contributed by atoms with Gasteiger partial charge >= 0.3 is 0 Å². The number of amides is 1. The van der Waals surface area contributed by atoms with Gasteiger partial charge in [0.05, 0.1) is 0 Å². The molecule has 254 valence electrons. The topological polar surface area (TPSA) is 85.7 Å². The first-order valence-corrected chi connectivity index (χ1v) is 18.4. The molecule has 4 N–H and O–H groups in total. The van der Waals surface area contributed by atoms with Crippen LogP contribution in [0.15, 0.2) is 103 Å². The Bertz CT molecular complexity index is 1520. The van der Waals surface area contributed by atoms with E-state index in [2.05, 4.69) is 92.7 Å². The Morgan fingerprint density at radius 2 is 1.40 bits per heavy atom. The number of nitrogens with one attached hydrogen (secondary N) is 3. The highest BCUT2D eigenvalue weighted by Gasteiger charge is 2.10. The van der Waals surface area contributed by atoms with Crippen LogP contribution in [-0.4, -0.2) is 82.8 Å². The Hall–Kier alpha value is -4.09. The van der Waals surface area contributed by atoms with Crippen LogP contribution in [0.25, 0.3) is 18.2 Å². The zero-order chi connectivity index (χ0) is 34.6. The molecule has 0 aliphatic rings. The number of allylic oxidation sites excluding steroid dienone is 4. The summed E-state index contributed by atoms with van der Waals surface area (Å²) in [6, 6.07) is 20.8. The van der Waals surface area contributed by atoms with Gasteiger partial charge in [-0.2, -0.15) is 0 Å². The Labute approximate surface area is 294 Å². The summed E-state index contributed by atoms with van der Waals surface area (Å²) < 4.78 is 1.97. The van der Waals surface area contributed by atoms with E-state index < -0.39 is 6.23 Å². The molecule has 3 aromatic rings. The molecule has 0 saturated carbocycles. The van der Waals surface area contributed by atoms with E-state index in [-0.39, 0.29) is 12.5 Å². The molecule has 0 radical (unpaired) electrons. The summed E-state index contributed by atoms with van der Waals surface area (Å²) in [4.78, 5) is 19.3. The molecule has 0 bridgehead atoms. The molecule has 0 spiro atoms. The van der Waals surface area contributed by atoms with Crippen molar-refractivity contribution in [3.63, 3.8) is 0 Å². The first-order chi connectivity index (χ1) is 23.2. The van der Waals surface area contributed by atoms with Gasteiger partial charge in [-0.3, -0.25) is 10.1 Å². The molecule has 1 heterocycles. The number of carbonyl (C=O) groups excluding carboxylic acids is 1. The summed E-state index contributed by atoms with van der Waals surface area (Å²) >= 11 is 0. The molecular formula is C38H50N6O2S2+2. The lowest BCUT2D eigenvalue weighted by molar-refractivity contribution is -0.704. The van der Waals surface area contributed by atoms with Crippen LogP contribution in [0.2, 0.25) is 0 Å². The van der Waals surface area contributed by atoms with E-state index in [1.165, 1.54) is 5.69 Å². The molecule has 0 saturated heterocycles. The average molecular weight is 687 g/mol. The maximum atomic E-state index is 12.1. The third-order valence-corrected chi connectivity index (χ3v) is 9.51. The number of nitrogens with zero attached hydrogens (tertiary/aromatic N) is 3. The third-order valence-electron chi connectivity index (χ3n) is 7.10. The van der Waals surface area contributed by atoms with Gasteiger partial charge in [0, 0.05) is 82.4 Å². The van der Waals surface area contributed by atoms with Gasteiger partial charge in [-0.05, 0) is 46.5 Å². The summed E-state index contributed by atoms with van der Waals surface area (Å²) in [5, 5.41) is 16.5. The fraction of sp³-hybridized carbons (Fsp3) is 0.289. The van der Waals surface area contributed by atoms with Crippen molar-refractivity contribution in [1.29, 1.82) is 0 Å². The minimum absolute atomic E-state index is 0.0526. The lowest BCUT2D eigenvalue weighted by atomic mass is 10.1. The summed E-state index contributed by atoms with van der Waals surface area (Å²) in [5.74, 6) is 1.61. The smallest absolute Gasteiger partial charge is 0.285 e. The maximum absolute atomic E-state index is 12.1. The lowest BCUT2D eigenvalue weighted by Crippen LogP contribution is -2.72. The number of aliphatic hydroxyl groups excluding tert-OH is 1. The highest BCUT2D eigenvalue weighted by atomic mass is 33.1. The van der Waals surface area contributed by atoms with Crippen molar-refractivity contribution >= 4 is 63.3 Å². The zero-order valence-electron chi connectivity index (χ0n) is 28.5. The van der Waals surface area contributed by atoms with Gasteiger partial charge < -0.3 is 20.2 Å². The molecule has 8 nitrogen and oxygen atoms in total. The normalized spacial score (nSPS) is 12.6. The van der Waals surface area contributed by atoms with Gasteiger partial charge in [0.1, 0.15) is 0 Å². The van der Waals surface area contributed by atoms with Crippen molar-refractivity contribution in [2.45, 2.75) is 12.8 Å². The van der Waals surface area contributed by atoms with Gasteiger partial charge in [0.25, 0.3) is 5.91 Å². The number of rotatable bonds is 20. The molecule has 48 heavy (non-hydrogen) atoms. The number of carbonyl (C=O) groups is 1. The van der Waals surface area contributed by atoms with E-state index in [4.69, 9.17) is 0 Å². The lowest BCUT2D eigenvalue weighted by Gasteiger charge is -2.11. The molecular weight excluding hydrogens is 637 g/mol. The number of aliphatic hydroxyl groups is 1. The van der Waals surface area contributed by atoms with Crippen LogP contribution in [0.5, 0.6) is 0 Å². The SMILES string of the molecule is C=CC(/C=C/c1ccc(N(C)C)cc1)=C\C=[NH+]CC(=O)NCCSSCCNC(O)C[n+]1ccc(/C=C/c2ccc(N(C)C)cc2)cc1. The Morgan fingerprint density at radius 1 is 0.854 bits per heavy atom. The number of aromatic nitrogens is 1. The second-order valence-corrected chi connectivity index (χ2v) is 14.1. The highest BCUT2D eigenvalue weighted by molar-refractivity contribution is 8.76. The van der Waals surface area contributed by atoms with Crippen molar-refractivity contribution in [1.82, 2.24) is 10.6 Å². The van der Waals surface area contributed by atoms with Crippen molar-refractivity contribution < 1.29 is 19.5 Å². The predicted molar refractivity (Wildman–Crippen MR) is 208 cm³/mol. The first-order valence-electron chi connectivity index (χ1n) is 16.0. The van der Waals surface area contributed by atoms with E-state index >= 15 is 0 Å². The van der Waals surface area contributed by atoms with E-state index in [9.17, 15) is 9.90 Å². The van der Waals surface area contributed by atoms with E-state index in [0.29, 0.717) is 19.6 Å². The van der Waals surface area contributed by atoms with Crippen molar-refractivity contribution in [2.24, 2.45) is 0 Å². The Kier molecular flexibility index (Phi) is 17.4. The number of anilines is 2. The summed E-state index contributed by atoms with van der Waals surface area (Å²) in [6.07, 6.45) is 17.0. The van der Waals surface area contributed by atoms with E-state index in [1.807, 2.05) is 75.5 Å². The molecule has 10 heteroatoms. The largest absolute Gasteiger partial charge is 0.378 e. The minimum Gasteiger partial charge on any atom is -0.378 e. The molecule has 2 aromatic carbocycles. The Morgan fingerprint density at radius 3 is 1.96 bits per heavy atom. The second-order valence-electron chi connectivity index (χ2n) is 11.3. The molecule has 0 aliphatic heterocycles. The number of benzene rings is 2. The number of hydrogen-bond acceptors (Lipinski definition) is 7. The fourth-order valence-electron chi connectivity index (χ4n) is 4.30. The van der Waals surface area contributed by atoms with Crippen molar-refractivity contribution in [3.8, 4) is 0 Å². The second kappa shape index (κ2) is 21.7. The van der Waals surface area contributed by atoms with Gasteiger partial charge in [0.2, 0.25) is 6.54 Å². The summed E-state index contributed by atoms with van der Waals surface area (Å²) in [6.45, 7) is 5.84. The molecule has 1 atom stereocenters. The van der Waals surface area contributed by atoms with Crippen LogP contribution in [0, 0.1) is 0 Å². The Balaban J connectivity index is 1.22. The standard InChI is InChI=1S/C38H48N6O2S2/c1-6-31(7-8-32-11-15-35(16-12-32)42(2)3)19-22-39-29-37(45)40-23-27-47-48-28-24-41-38(46)30-44-25-20-34(21-26-44)10-9-33-13-17-36(18-14-33)43(4)5/h6-22,25-26,38,41,46H,1,23-24,27-30H2,2-5H3/p+2/b8-7+,31-19+,39-22?. The molecule has 1 amide bonds. The molecule has 0 aliphatic carbocycles. The number of hydrogen-bond donors (Lipinski definition) is 4. The van der Waals surface area contributed by atoms with Crippen molar-refractivity contribution in [2.75, 3.05) is 69.1 Å². The minimum atomic E-state index is -0.630.